The van der Waals surface area contributed by atoms with Crippen molar-refractivity contribution < 1.29 is 5.11 Å². The fraction of sp³-hybridized carbons (Fsp3) is 1.00. The monoisotopic (exact) mass is 213 g/mol. The van der Waals surface area contributed by atoms with Crippen molar-refractivity contribution in [3.63, 3.8) is 0 Å². The van der Waals surface area contributed by atoms with Gasteiger partial charge in [0.2, 0.25) is 0 Å². The van der Waals surface area contributed by atoms with Gasteiger partial charge in [-0.3, -0.25) is 0 Å². The van der Waals surface area contributed by atoms with Crippen molar-refractivity contribution in [3.8, 4) is 0 Å². The fourth-order valence-electron chi connectivity index (χ4n) is 2.87. The van der Waals surface area contributed by atoms with E-state index in [-0.39, 0.29) is 5.41 Å². The highest BCUT2D eigenvalue weighted by atomic mass is 16.3. The molecule has 0 bridgehead atoms. The van der Waals surface area contributed by atoms with E-state index < -0.39 is 5.60 Å². The zero-order chi connectivity index (χ0) is 11.5. The predicted molar refractivity (Wildman–Crippen MR) is 64.7 cm³/mol. The molecule has 15 heavy (non-hydrogen) atoms. The summed E-state index contributed by atoms with van der Waals surface area (Å²) in [6, 6.07) is 0. The molecule has 3 N–H and O–H groups in total. The molecule has 0 saturated heterocycles. The minimum atomic E-state index is -0.600. The third-order valence-electron chi connectivity index (χ3n) is 4.85. The summed E-state index contributed by atoms with van der Waals surface area (Å²) in [7, 11) is 0. The number of rotatable bonds is 4. The third kappa shape index (κ3) is 2.36. The molecular weight excluding hydrogens is 186 g/mol. The van der Waals surface area contributed by atoms with Crippen LogP contribution in [0.4, 0.5) is 0 Å². The van der Waals surface area contributed by atoms with Crippen LogP contribution in [0, 0.1) is 11.3 Å². The molecule has 0 aromatic heterocycles. The van der Waals surface area contributed by atoms with Crippen LogP contribution >= 0.6 is 0 Å². The van der Waals surface area contributed by atoms with Gasteiger partial charge in [0.1, 0.15) is 0 Å². The predicted octanol–water partition coefficient (Wildman–Crippen LogP) is 2.69. The average molecular weight is 213 g/mol. The maximum Gasteiger partial charge on any atom is 0.0713 e. The number of hydrogen-bond acceptors (Lipinski definition) is 2. The van der Waals surface area contributed by atoms with Gasteiger partial charge in [-0.15, -0.1) is 0 Å². The van der Waals surface area contributed by atoms with Crippen LogP contribution in [0.15, 0.2) is 0 Å². The van der Waals surface area contributed by atoms with Gasteiger partial charge in [0.25, 0.3) is 0 Å². The second-order valence-electron chi connectivity index (χ2n) is 5.60. The molecule has 0 radical (unpaired) electrons. The van der Waals surface area contributed by atoms with Gasteiger partial charge in [0.05, 0.1) is 5.60 Å². The van der Waals surface area contributed by atoms with Crippen LogP contribution in [-0.4, -0.2) is 17.3 Å². The number of aliphatic hydroxyl groups is 1. The maximum atomic E-state index is 10.8. The van der Waals surface area contributed by atoms with E-state index in [1.807, 2.05) is 6.92 Å². The quantitative estimate of drug-likeness (QED) is 0.754. The van der Waals surface area contributed by atoms with Crippen LogP contribution < -0.4 is 5.73 Å². The van der Waals surface area contributed by atoms with Crippen LogP contribution in [0.5, 0.6) is 0 Å². The first-order valence-corrected chi connectivity index (χ1v) is 6.40. The first kappa shape index (κ1) is 13.0. The van der Waals surface area contributed by atoms with Crippen LogP contribution in [0.2, 0.25) is 0 Å². The molecular formula is C13H27NO. The van der Waals surface area contributed by atoms with Crippen molar-refractivity contribution in [2.75, 3.05) is 6.54 Å². The standard InChI is InChI=1S/C13H27NO/c1-4-12(2,10-14)13(3,15)11-8-6-5-7-9-11/h11,15H,4-10,14H2,1-3H3. The topological polar surface area (TPSA) is 46.2 Å². The first-order valence-electron chi connectivity index (χ1n) is 6.40. The Morgan fingerprint density at radius 3 is 2.13 bits per heavy atom. The molecule has 0 aliphatic heterocycles. The van der Waals surface area contributed by atoms with Gasteiger partial charge in [-0.25, -0.2) is 0 Å². The Labute approximate surface area is 94.2 Å². The van der Waals surface area contributed by atoms with Gasteiger partial charge < -0.3 is 10.8 Å². The van der Waals surface area contributed by atoms with E-state index in [2.05, 4.69) is 13.8 Å². The van der Waals surface area contributed by atoms with Gasteiger partial charge in [-0.05, 0) is 32.1 Å². The van der Waals surface area contributed by atoms with Crippen LogP contribution in [0.25, 0.3) is 0 Å². The summed E-state index contributed by atoms with van der Waals surface area (Å²) in [6.45, 7) is 6.83. The summed E-state index contributed by atoms with van der Waals surface area (Å²) < 4.78 is 0. The summed E-state index contributed by atoms with van der Waals surface area (Å²) >= 11 is 0. The van der Waals surface area contributed by atoms with Crippen LogP contribution in [-0.2, 0) is 0 Å². The Morgan fingerprint density at radius 2 is 1.73 bits per heavy atom. The Kier molecular flexibility index (Phi) is 4.19. The van der Waals surface area contributed by atoms with E-state index in [0.717, 1.165) is 6.42 Å². The molecule has 0 amide bonds. The van der Waals surface area contributed by atoms with E-state index in [1.165, 1.54) is 32.1 Å². The highest BCUT2D eigenvalue weighted by molar-refractivity contribution is 4.98. The Bertz CT molecular complexity index is 191. The van der Waals surface area contributed by atoms with Crippen molar-refractivity contribution in [1.82, 2.24) is 0 Å². The highest BCUT2D eigenvalue weighted by Crippen LogP contribution is 2.44. The summed E-state index contributed by atoms with van der Waals surface area (Å²) in [5.41, 5.74) is 5.12. The minimum absolute atomic E-state index is 0.130. The molecule has 2 unspecified atom stereocenters. The molecule has 0 aromatic rings. The smallest absolute Gasteiger partial charge is 0.0713 e. The summed E-state index contributed by atoms with van der Waals surface area (Å²) in [4.78, 5) is 0. The lowest BCUT2D eigenvalue weighted by Gasteiger charge is -2.48. The number of hydrogen-bond donors (Lipinski definition) is 2. The maximum absolute atomic E-state index is 10.8. The van der Waals surface area contributed by atoms with Crippen LogP contribution in [0.3, 0.4) is 0 Å². The fourth-order valence-corrected chi connectivity index (χ4v) is 2.87. The molecule has 1 rings (SSSR count). The van der Waals surface area contributed by atoms with E-state index in [4.69, 9.17) is 5.73 Å². The molecule has 0 aromatic carbocycles. The molecule has 2 heteroatoms. The summed E-state index contributed by atoms with van der Waals surface area (Å²) in [5, 5.41) is 10.8. The molecule has 2 atom stereocenters. The van der Waals surface area contributed by atoms with E-state index >= 15 is 0 Å². The second kappa shape index (κ2) is 4.84. The Hall–Kier alpha value is -0.0800. The second-order valence-corrected chi connectivity index (χ2v) is 5.60. The Balaban J connectivity index is 2.78. The van der Waals surface area contributed by atoms with Gasteiger partial charge in [-0.1, -0.05) is 33.1 Å². The zero-order valence-corrected chi connectivity index (χ0v) is 10.6. The van der Waals surface area contributed by atoms with Gasteiger partial charge in [-0.2, -0.15) is 0 Å². The largest absolute Gasteiger partial charge is 0.389 e. The molecule has 1 saturated carbocycles. The van der Waals surface area contributed by atoms with Crippen molar-refractivity contribution in [3.05, 3.63) is 0 Å². The summed E-state index contributed by atoms with van der Waals surface area (Å²) in [5.74, 6) is 0.444. The van der Waals surface area contributed by atoms with Crippen molar-refractivity contribution >= 4 is 0 Å². The van der Waals surface area contributed by atoms with E-state index in [0.29, 0.717) is 12.5 Å². The third-order valence-corrected chi connectivity index (χ3v) is 4.85. The molecule has 90 valence electrons. The lowest BCUT2D eigenvalue weighted by atomic mass is 9.63. The van der Waals surface area contributed by atoms with E-state index in [1.54, 1.807) is 0 Å². The molecule has 1 aliphatic carbocycles. The van der Waals surface area contributed by atoms with Gasteiger partial charge in [0.15, 0.2) is 0 Å². The molecule has 1 fully saturated rings. The minimum Gasteiger partial charge on any atom is -0.389 e. The van der Waals surface area contributed by atoms with Gasteiger partial charge >= 0.3 is 0 Å². The molecule has 0 spiro atoms. The zero-order valence-electron chi connectivity index (χ0n) is 10.6. The summed E-state index contributed by atoms with van der Waals surface area (Å²) in [6.07, 6.45) is 7.16. The molecule has 2 nitrogen and oxygen atoms in total. The lowest BCUT2D eigenvalue weighted by Crippen LogP contribution is -2.53. The van der Waals surface area contributed by atoms with Gasteiger partial charge in [0, 0.05) is 12.0 Å². The average Bonchev–Trinajstić information content (AvgIpc) is 2.29. The van der Waals surface area contributed by atoms with E-state index in [9.17, 15) is 5.11 Å². The van der Waals surface area contributed by atoms with Crippen LogP contribution in [0.1, 0.15) is 59.3 Å². The molecule has 0 heterocycles. The first-order chi connectivity index (χ1) is 6.98. The molecule has 1 aliphatic rings. The highest BCUT2D eigenvalue weighted by Gasteiger charge is 2.46. The normalized spacial score (nSPS) is 27.0. The lowest BCUT2D eigenvalue weighted by molar-refractivity contribution is -0.112. The SMILES string of the molecule is CCC(C)(CN)C(C)(O)C1CCCCC1. The van der Waals surface area contributed by atoms with Crippen molar-refractivity contribution in [2.24, 2.45) is 17.1 Å². The Morgan fingerprint density at radius 1 is 1.20 bits per heavy atom. The van der Waals surface area contributed by atoms with Crippen molar-refractivity contribution in [2.45, 2.75) is 64.9 Å². The van der Waals surface area contributed by atoms with Crippen molar-refractivity contribution in [1.29, 1.82) is 0 Å². The number of nitrogens with two attached hydrogens (primary N) is 1.